The Morgan fingerprint density at radius 2 is 1.73 bits per heavy atom. The number of carbonyl (C=O) groups is 1. The maximum absolute atomic E-state index is 12.3. The first-order chi connectivity index (χ1) is 12.5. The maximum Gasteiger partial charge on any atom is 0.387 e. The first-order valence-electron chi connectivity index (χ1n) is 7.56. The largest absolute Gasteiger partial charge is 0.493 e. The number of carbonyl (C=O) groups excluding carboxylic acids is 1. The molecule has 7 heteroatoms. The van der Waals surface area contributed by atoms with Crippen molar-refractivity contribution in [2.75, 3.05) is 21.3 Å². The predicted octanol–water partition coefficient (Wildman–Crippen LogP) is 4.21. The zero-order valence-corrected chi connectivity index (χ0v) is 14.5. The second-order valence-electron chi connectivity index (χ2n) is 5.03. The van der Waals surface area contributed by atoms with Crippen molar-refractivity contribution in [3.05, 3.63) is 53.6 Å². The van der Waals surface area contributed by atoms with Gasteiger partial charge in [-0.1, -0.05) is 12.1 Å². The van der Waals surface area contributed by atoms with Crippen LogP contribution in [0.3, 0.4) is 0 Å². The molecule has 0 saturated carbocycles. The fourth-order valence-electron chi connectivity index (χ4n) is 2.34. The van der Waals surface area contributed by atoms with Gasteiger partial charge in [-0.15, -0.1) is 0 Å². The van der Waals surface area contributed by atoms with Crippen LogP contribution in [-0.2, 0) is 0 Å². The molecule has 0 heterocycles. The van der Waals surface area contributed by atoms with Gasteiger partial charge in [0.1, 0.15) is 5.75 Å². The van der Waals surface area contributed by atoms with Gasteiger partial charge >= 0.3 is 6.61 Å². The molecule has 0 amide bonds. The number of hydrogen-bond donors (Lipinski definition) is 0. The zero-order chi connectivity index (χ0) is 19.1. The summed E-state index contributed by atoms with van der Waals surface area (Å²) in [5, 5.41) is 0. The fourth-order valence-corrected chi connectivity index (χ4v) is 2.34. The molecule has 0 aliphatic carbocycles. The Hall–Kier alpha value is -3.09. The molecule has 5 nitrogen and oxygen atoms in total. The predicted molar refractivity (Wildman–Crippen MR) is 92.5 cm³/mol. The van der Waals surface area contributed by atoms with Crippen LogP contribution in [0.4, 0.5) is 8.78 Å². The molecule has 0 aliphatic rings. The second kappa shape index (κ2) is 8.84. The molecule has 2 aromatic rings. The Balaban J connectivity index is 2.28. The van der Waals surface area contributed by atoms with E-state index in [1.165, 1.54) is 51.7 Å². The third-order valence-electron chi connectivity index (χ3n) is 3.49. The second-order valence-corrected chi connectivity index (χ2v) is 5.03. The molecule has 0 bridgehead atoms. The summed E-state index contributed by atoms with van der Waals surface area (Å²) in [5.74, 6) is 0.844. The van der Waals surface area contributed by atoms with Gasteiger partial charge in [-0.3, -0.25) is 4.79 Å². The van der Waals surface area contributed by atoms with E-state index in [4.69, 9.17) is 14.2 Å². The average Bonchev–Trinajstić information content (AvgIpc) is 2.64. The molecule has 0 aromatic heterocycles. The van der Waals surface area contributed by atoms with E-state index < -0.39 is 6.61 Å². The molecule has 0 saturated heterocycles. The van der Waals surface area contributed by atoms with Gasteiger partial charge in [-0.25, -0.2) is 0 Å². The molecule has 26 heavy (non-hydrogen) atoms. The summed E-state index contributed by atoms with van der Waals surface area (Å²) in [6, 6.07) is 8.98. The molecule has 0 unspecified atom stereocenters. The average molecular weight is 364 g/mol. The lowest BCUT2D eigenvalue weighted by Crippen LogP contribution is -2.03. The number of hydrogen-bond acceptors (Lipinski definition) is 5. The Bertz CT molecular complexity index is 803. The van der Waals surface area contributed by atoms with Crippen LogP contribution in [0.15, 0.2) is 42.5 Å². The van der Waals surface area contributed by atoms with Crippen molar-refractivity contribution in [2.45, 2.75) is 6.61 Å². The van der Waals surface area contributed by atoms with Crippen molar-refractivity contribution >= 4 is 11.9 Å². The molecule has 0 radical (unpaired) electrons. The van der Waals surface area contributed by atoms with Crippen LogP contribution in [0.5, 0.6) is 23.0 Å². The topological polar surface area (TPSA) is 54.0 Å². The standard InChI is InChI=1S/C19H18F2O5/c1-23-16-10-8-12(17(24-2)18(16)25-3)7-9-15(22)13-5-4-6-14(11-13)26-19(20)21/h4-11,19H,1-3H3/b9-7+. The van der Waals surface area contributed by atoms with E-state index in [1.807, 2.05) is 0 Å². The minimum atomic E-state index is -2.95. The molecule has 0 fully saturated rings. The SMILES string of the molecule is COc1ccc(/C=C/C(=O)c2cccc(OC(F)F)c2)c(OC)c1OC. The molecule has 0 atom stereocenters. The molecule has 2 aromatic carbocycles. The lowest BCUT2D eigenvalue weighted by molar-refractivity contribution is -0.0498. The number of allylic oxidation sites excluding steroid dienone is 1. The summed E-state index contributed by atoms with van der Waals surface area (Å²) in [6.45, 7) is -2.95. The van der Waals surface area contributed by atoms with E-state index >= 15 is 0 Å². The number of methoxy groups -OCH3 is 3. The highest BCUT2D eigenvalue weighted by atomic mass is 19.3. The highest BCUT2D eigenvalue weighted by Crippen LogP contribution is 2.40. The number of halogens is 2. The Kier molecular flexibility index (Phi) is 6.54. The van der Waals surface area contributed by atoms with E-state index in [0.29, 0.717) is 22.8 Å². The van der Waals surface area contributed by atoms with Gasteiger partial charge in [-0.2, -0.15) is 8.78 Å². The van der Waals surface area contributed by atoms with E-state index in [-0.39, 0.29) is 17.1 Å². The van der Waals surface area contributed by atoms with Crippen molar-refractivity contribution in [1.29, 1.82) is 0 Å². The normalized spacial score (nSPS) is 10.8. The van der Waals surface area contributed by atoms with E-state index in [2.05, 4.69) is 4.74 Å². The summed E-state index contributed by atoms with van der Waals surface area (Å²) in [4.78, 5) is 12.3. The van der Waals surface area contributed by atoms with Crippen LogP contribution in [0.1, 0.15) is 15.9 Å². The summed E-state index contributed by atoms with van der Waals surface area (Å²) >= 11 is 0. The third kappa shape index (κ3) is 4.50. The van der Waals surface area contributed by atoms with Crippen LogP contribution in [0.25, 0.3) is 6.08 Å². The van der Waals surface area contributed by atoms with E-state index in [1.54, 1.807) is 18.2 Å². The Morgan fingerprint density at radius 1 is 1.00 bits per heavy atom. The van der Waals surface area contributed by atoms with Crippen LogP contribution < -0.4 is 18.9 Å². The third-order valence-corrected chi connectivity index (χ3v) is 3.49. The highest BCUT2D eigenvalue weighted by Gasteiger charge is 2.14. The molecule has 138 valence electrons. The minimum absolute atomic E-state index is 0.0806. The van der Waals surface area contributed by atoms with Crippen LogP contribution in [-0.4, -0.2) is 33.7 Å². The Morgan fingerprint density at radius 3 is 2.35 bits per heavy atom. The van der Waals surface area contributed by atoms with Gasteiger partial charge in [0.15, 0.2) is 17.3 Å². The Labute approximate surface area is 149 Å². The van der Waals surface area contributed by atoms with Gasteiger partial charge in [-0.05, 0) is 36.4 Å². The smallest absolute Gasteiger partial charge is 0.387 e. The van der Waals surface area contributed by atoms with Crippen LogP contribution in [0.2, 0.25) is 0 Å². The lowest BCUT2D eigenvalue weighted by atomic mass is 10.1. The van der Waals surface area contributed by atoms with Gasteiger partial charge < -0.3 is 18.9 Å². The van der Waals surface area contributed by atoms with Gasteiger partial charge in [0.05, 0.1) is 21.3 Å². The maximum atomic E-state index is 12.3. The summed E-state index contributed by atoms with van der Waals surface area (Å²) in [5.41, 5.74) is 0.817. The first-order valence-corrected chi connectivity index (χ1v) is 7.56. The van der Waals surface area contributed by atoms with Crippen molar-refractivity contribution in [2.24, 2.45) is 0 Å². The number of rotatable bonds is 8. The highest BCUT2D eigenvalue weighted by molar-refractivity contribution is 6.07. The first kappa shape index (κ1) is 19.2. The number of alkyl halides is 2. The molecule has 0 aliphatic heterocycles. The van der Waals surface area contributed by atoms with Crippen LogP contribution >= 0.6 is 0 Å². The summed E-state index contributed by atoms with van der Waals surface area (Å²) < 4.78 is 44.7. The molecule has 0 N–H and O–H groups in total. The van der Waals surface area contributed by atoms with Gasteiger partial charge in [0.25, 0.3) is 0 Å². The number of ether oxygens (including phenoxy) is 4. The molecule has 0 spiro atoms. The minimum Gasteiger partial charge on any atom is -0.493 e. The van der Waals surface area contributed by atoms with Crippen molar-refractivity contribution in [3.63, 3.8) is 0 Å². The molecular formula is C19H18F2O5. The van der Waals surface area contributed by atoms with E-state index in [0.717, 1.165) is 0 Å². The quantitative estimate of drug-likeness (QED) is 0.519. The molecular weight excluding hydrogens is 346 g/mol. The fraction of sp³-hybridized carbons (Fsp3) is 0.211. The monoisotopic (exact) mass is 364 g/mol. The van der Waals surface area contributed by atoms with Crippen molar-refractivity contribution in [1.82, 2.24) is 0 Å². The van der Waals surface area contributed by atoms with Crippen molar-refractivity contribution < 1.29 is 32.5 Å². The summed E-state index contributed by atoms with van der Waals surface area (Å²) in [7, 11) is 4.46. The summed E-state index contributed by atoms with van der Waals surface area (Å²) in [6.07, 6.45) is 2.86. The van der Waals surface area contributed by atoms with Gasteiger partial charge in [0.2, 0.25) is 5.75 Å². The molecule has 2 rings (SSSR count). The number of benzene rings is 2. The van der Waals surface area contributed by atoms with Crippen LogP contribution in [0, 0.1) is 0 Å². The van der Waals surface area contributed by atoms with Crippen molar-refractivity contribution in [3.8, 4) is 23.0 Å². The number of ketones is 1. The lowest BCUT2D eigenvalue weighted by Gasteiger charge is -2.13. The van der Waals surface area contributed by atoms with Gasteiger partial charge in [0, 0.05) is 11.1 Å². The van der Waals surface area contributed by atoms with E-state index in [9.17, 15) is 13.6 Å². The zero-order valence-electron chi connectivity index (χ0n) is 14.5.